The van der Waals surface area contributed by atoms with Gasteiger partial charge in [0.2, 0.25) is 0 Å². The van der Waals surface area contributed by atoms with E-state index in [1.165, 1.54) is 19.2 Å². The zero-order valence-electron chi connectivity index (χ0n) is 13.0. The minimum Gasteiger partial charge on any atom is -0.497 e. The van der Waals surface area contributed by atoms with Crippen LogP contribution in [0.15, 0.2) is 53.4 Å². The smallest absolute Gasteiger partial charge is 0.320 e. The number of nitrogens with one attached hydrogen (secondary N) is 1. The standard InChI is InChI=1S/C16H18N2O5S/c1-23-13-6-8-14(9-7-13)24(21,22)18-12-4-2-11(3-5-12)10-15(17)16(19)20/h2-9,15,18H,10,17H2,1H3,(H,19,20). The average Bonchev–Trinajstić information content (AvgIpc) is 2.56. The molecule has 0 fully saturated rings. The van der Waals surface area contributed by atoms with E-state index in [0.717, 1.165) is 0 Å². The maximum Gasteiger partial charge on any atom is 0.320 e. The largest absolute Gasteiger partial charge is 0.497 e. The van der Waals surface area contributed by atoms with Crippen molar-refractivity contribution in [3.8, 4) is 5.75 Å². The van der Waals surface area contributed by atoms with Gasteiger partial charge in [-0.1, -0.05) is 12.1 Å². The van der Waals surface area contributed by atoms with Gasteiger partial charge in [-0.3, -0.25) is 9.52 Å². The Labute approximate surface area is 140 Å². The van der Waals surface area contributed by atoms with Crippen LogP contribution in [0.3, 0.4) is 0 Å². The van der Waals surface area contributed by atoms with Gasteiger partial charge in [-0.25, -0.2) is 8.42 Å². The molecule has 0 radical (unpaired) electrons. The molecule has 2 aromatic carbocycles. The van der Waals surface area contributed by atoms with Crippen LogP contribution in [0.25, 0.3) is 0 Å². The molecule has 2 rings (SSSR count). The number of rotatable bonds is 7. The molecule has 1 atom stereocenters. The number of hydrogen-bond donors (Lipinski definition) is 3. The molecule has 0 amide bonds. The molecule has 4 N–H and O–H groups in total. The van der Waals surface area contributed by atoms with E-state index in [-0.39, 0.29) is 11.3 Å². The van der Waals surface area contributed by atoms with Crippen LogP contribution in [0.2, 0.25) is 0 Å². The molecule has 24 heavy (non-hydrogen) atoms. The summed E-state index contributed by atoms with van der Waals surface area (Å²) < 4.78 is 32.1. The van der Waals surface area contributed by atoms with Crippen LogP contribution in [-0.4, -0.2) is 32.6 Å². The number of carboxylic acid groups (broad SMARTS) is 1. The highest BCUT2D eigenvalue weighted by molar-refractivity contribution is 7.92. The van der Waals surface area contributed by atoms with Crippen LogP contribution in [0, 0.1) is 0 Å². The van der Waals surface area contributed by atoms with Crippen molar-refractivity contribution in [3.63, 3.8) is 0 Å². The maximum absolute atomic E-state index is 12.3. The van der Waals surface area contributed by atoms with Gasteiger partial charge in [0.25, 0.3) is 10.0 Å². The molecule has 7 nitrogen and oxygen atoms in total. The summed E-state index contributed by atoms with van der Waals surface area (Å²) >= 11 is 0. The second-order valence-corrected chi connectivity index (χ2v) is 6.81. The average molecular weight is 350 g/mol. The van der Waals surface area contributed by atoms with Crippen molar-refractivity contribution in [1.82, 2.24) is 0 Å². The first-order valence-corrected chi connectivity index (χ1v) is 8.54. The molecule has 1 unspecified atom stereocenters. The summed E-state index contributed by atoms with van der Waals surface area (Å²) in [5.74, 6) is -0.521. The number of benzene rings is 2. The van der Waals surface area contributed by atoms with Crippen LogP contribution in [0.4, 0.5) is 5.69 Å². The van der Waals surface area contributed by atoms with E-state index in [0.29, 0.717) is 17.0 Å². The lowest BCUT2D eigenvalue weighted by Gasteiger charge is -2.10. The summed E-state index contributed by atoms with van der Waals surface area (Å²) in [5, 5.41) is 8.79. The van der Waals surface area contributed by atoms with Gasteiger partial charge in [0.1, 0.15) is 11.8 Å². The fourth-order valence-electron chi connectivity index (χ4n) is 2.02. The zero-order valence-corrected chi connectivity index (χ0v) is 13.8. The van der Waals surface area contributed by atoms with E-state index in [1.807, 2.05) is 0 Å². The molecule has 2 aromatic rings. The van der Waals surface area contributed by atoms with Crippen LogP contribution in [-0.2, 0) is 21.2 Å². The number of sulfonamides is 1. The van der Waals surface area contributed by atoms with Crippen LogP contribution < -0.4 is 15.2 Å². The minimum absolute atomic E-state index is 0.111. The number of methoxy groups -OCH3 is 1. The van der Waals surface area contributed by atoms with Gasteiger partial charge in [-0.2, -0.15) is 0 Å². The van der Waals surface area contributed by atoms with Crippen LogP contribution in [0.5, 0.6) is 5.75 Å². The van der Waals surface area contributed by atoms with Crippen molar-refractivity contribution < 1.29 is 23.1 Å². The normalized spacial score (nSPS) is 12.4. The second-order valence-electron chi connectivity index (χ2n) is 5.13. The highest BCUT2D eigenvalue weighted by atomic mass is 32.2. The Morgan fingerprint density at radius 2 is 1.75 bits per heavy atom. The van der Waals surface area contributed by atoms with Gasteiger partial charge < -0.3 is 15.6 Å². The molecule has 8 heteroatoms. The van der Waals surface area contributed by atoms with Gasteiger partial charge in [0.05, 0.1) is 12.0 Å². The molecule has 0 bridgehead atoms. The Kier molecular flexibility index (Phi) is 5.42. The lowest BCUT2D eigenvalue weighted by atomic mass is 10.1. The number of ether oxygens (including phenoxy) is 1. The number of carboxylic acids is 1. The lowest BCUT2D eigenvalue weighted by Crippen LogP contribution is -2.32. The molecule has 0 spiro atoms. The first kappa shape index (κ1) is 17.8. The predicted molar refractivity (Wildman–Crippen MR) is 89.6 cm³/mol. The van der Waals surface area contributed by atoms with Crippen molar-refractivity contribution in [3.05, 3.63) is 54.1 Å². The Hall–Kier alpha value is -2.58. The lowest BCUT2D eigenvalue weighted by molar-refractivity contribution is -0.138. The minimum atomic E-state index is -3.71. The summed E-state index contributed by atoms with van der Waals surface area (Å²) in [6.45, 7) is 0. The quantitative estimate of drug-likeness (QED) is 0.695. The summed E-state index contributed by atoms with van der Waals surface area (Å²) in [4.78, 5) is 10.8. The molecular formula is C16H18N2O5S. The monoisotopic (exact) mass is 350 g/mol. The zero-order chi connectivity index (χ0) is 17.7. The first-order chi connectivity index (χ1) is 11.3. The summed E-state index contributed by atoms with van der Waals surface area (Å²) in [7, 11) is -2.21. The third-order valence-corrected chi connectivity index (χ3v) is 4.75. The molecule has 0 aromatic heterocycles. The number of aliphatic carboxylic acids is 1. The number of carbonyl (C=O) groups is 1. The molecule has 0 aliphatic rings. The summed E-state index contributed by atoms with van der Waals surface area (Å²) in [6.07, 6.45) is 0.168. The summed E-state index contributed by atoms with van der Waals surface area (Å²) in [5.41, 5.74) is 6.55. The number of nitrogens with two attached hydrogens (primary N) is 1. The third kappa shape index (κ3) is 4.46. The van der Waals surface area contributed by atoms with Gasteiger partial charge >= 0.3 is 5.97 Å². The third-order valence-electron chi connectivity index (χ3n) is 3.35. The van der Waals surface area contributed by atoms with Gasteiger partial charge in [-0.05, 0) is 48.4 Å². The number of hydrogen-bond acceptors (Lipinski definition) is 5. The van der Waals surface area contributed by atoms with E-state index < -0.39 is 22.0 Å². The van der Waals surface area contributed by atoms with Crippen molar-refractivity contribution >= 4 is 21.7 Å². The van der Waals surface area contributed by atoms with Gasteiger partial charge in [-0.15, -0.1) is 0 Å². The Morgan fingerprint density at radius 3 is 2.25 bits per heavy atom. The van der Waals surface area contributed by atoms with Crippen molar-refractivity contribution in [2.24, 2.45) is 5.73 Å². The van der Waals surface area contributed by atoms with E-state index in [9.17, 15) is 13.2 Å². The highest BCUT2D eigenvalue weighted by Crippen LogP contribution is 2.19. The molecule has 0 heterocycles. The molecule has 0 saturated heterocycles. The molecule has 0 saturated carbocycles. The van der Waals surface area contributed by atoms with E-state index in [1.54, 1.807) is 36.4 Å². The predicted octanol–water partition coefficient (Wildman–Crippen LogP) is 1.45. The second kappa shape index (κ2) is 7.33. The van der Waals surface area contributed by atoms with Crippen LogP contribution in [0.1, 0.15) is 5.56 Å². The van der Waals surface area contributed by atoms with Crippen LogP contribution >= 0.6 is 0 Å². The fraction of sp³-hybridized carbons (Fsp3) is 0.188. The topological polar surface area (TPSA) is 119 Å². The fourth-order valence-corrected chi connectivity index (χ4v) is 3.08. The van der Waals surface area contributed by atoms with Gasteiger partial charge in [0, 0.05) is 5.69 Å². The van der Waals surface area contributed by atoms with Crippen molar-refractivity contribution in [2.45, 2.75) is 17.4 Å². The summed E-state index contributed by atoms with van der Waals surface area (Å²) in [6, 6.07) is 11.4. The molecule has 0 aliphatic carbocycles. The molecule has 128 valence electrons. The SMILES string of the molecule is COc1ccc(S(=O)(=O)Nc2ccc(CC(N)C(=O)O)cc2)cc1. The Balaban J connectivity index is 2.10. The first-order valence-electron chi connectivity index (χ1n) is 7.06. The van der Waals surface area contributed by atoms with E-state index in [4.69, 9.17) is 15.6 Å². The van der Waals surface area contributed by atoms with Crippen molar-refractivity contribution in [2.75, 3.05) is 11.8 Å². The Bertz CT molecular complexity index is 801. The molecule has 0 aliphatic heterocycles. The Morgan fingerprint density at radius 1 is 1.17 bits per heavy atom. The van der Waals surface area contributed by atoms with Crippen molar-refractivity contribution in [1.29, 1.82) is 0 Å². The van der Waals surface area contributed by atoms with E-state index in [2.05, 4.69) is 4.72 Å². The van der Waals surface area contributed by atoms with Gasteiger partial charge in [0.15, 0.2) is 0 Å². The number of anilines is 1. The maximum atomic E-state index is 12.3. The van der Waals surface area contributed by atoms with E-state index >= 15 is 0 Å². The highest BCUT2D eigenvalue weighted by Gasteiger charge is 2.15. The molecular weight excluding hydrogens is 332 g/mol.